The molecule has 0 aliphatic heterocycles. The largest absolute Gasteiger partial charge is 0.198 e. The normalized spacial score (nSPS) is 9.73. The first-order valence-electron chi connectivity index (χ1n) is 3.52. The van der Waals surface area contributed by atoms with Crippen LogP contribution in [0.25, 0.3) is 0 Å². The summed E-state index contributed by atoms with van der Waals surface area (Å²) < 4.78 is 0. The van der Waals surface area contributed by atoms with Gasteiger partial charge in [-0.2, -0.15) is 5.26 Å². The molecule has 0 atom stereocenters. The molecule has 2 heteroatoms. The molecule has 0 radical (unpaired) electrons. The lowest BCUT2D eigenvalue weighted by Crippen LogP contribution is -2.25. The number of hydrogen-bond acceptors (Lipinski definition) is 1. The van der Waals surface area contributed by atoms with Crippen molar-refractivity contribution in [2.75, 3.05) is 0 Å². The second kappa shape index (κ2) is 4.70. The molecule has 0 heterocycles. The molecule has 0 saturated carbocycles. The maximum atomic E-state index is 8.39. The summed E-state index contributed by atoms with van der Waals surface area (Å²) in [7, 11) is -1.67. The fourth-order valence-electron chi connectivity index (χ4n) is 0.829. The molecule has 0 unspecified atom stereocenters. The first kappa shape index (κ1) is 9.93. The molecular weight excluding hydrogens is 150 g/mol. The van der Waals surface area contributed by atoms with E-state index in [2.05, 4.69) is 25.8 Å². The van der Waals surface area contributed by atoms with Crippen molar-refractivity contribution >= 4 is 8.07 Å². The topological polar surface area (TPSA) is 23.8 Å². The van der Waals surface area contributed by atoms with Gasteiger partial charge in [0.1, 0.15) is 8.07 Å². The third-order valence-corrected chi connectivity index (χ3v) is 5.21. The lowest BCUT2D eigenvalue weighted by Gasteiger charge is -2.16. The van der Waals surface area contributed by atoms with Crippen LogP contribution in [0.15, 0.2) is 36.8 Å². The number of nitrogens with zero attached hydrogens (tertiary/aromatic N) is 1. The summed E-state index contributed by atoms with van der Waals surface area (Å²) in [6.07, 6.45) is 0.566. The van der Waals surface area contributed by atoms with E-state index in [0.29, 0.717) is 6.42 Å². The molecular formula is C9H13NSi. The van der Waals surface area contributed by atoms with Crippen molar-refractivity contribution in [3.8, 4) is 6.07 Å². The first-order valence-corrected chi connectivity index (χ1v) is 5.96. The standard InChI is InChI=1S/C9H13NSi/c1-4-11(5-2,6-3)9-7-8-10/h4-6H,1-3,7,9H2. The van der Waals surface area contributed by atoms with Gasteiger partial charge in [-0.3, -0.25) is 0 Å². The molecule has 0 aliphatic carbocycles. The van der Waals surface area contributed by atoms with Crippen molar-refractivity contribution in [2.45, 2.75) is 12.5 Å². The minimum absolute atomic E-state index is 0.566. The van der Waals surface area contributed by atoms with Crippen LogP contribution in [-0.2, 0) is 0 Å². The zero-order chi connectivity index (χ0) is 8.74. The highest BCUT2D eigenvalue weighted by atomic mass is 28.3. The maximum absolute atomic E-state index is 8.39. The molecule has 0 N–H and O–H groups in total. The molecule has 0 spiro atoms. The molecule has 0 saturated heterocycles. The van der Waals surface area contributed by atoms with Gasteiger partial charge in [-0.15, -0.1) is 19.7 Å². The molecule has 11 heavy (non-hydrogen) atoms. The Balaban J connectivity index is 4.31. The molecule has 0 aromatic rings. The van der Waals surface area contributed by atoms with Gasteiger partial charge in [0, 0.05) is 6.42 Å². The zero-order valence-electron chi connectivity index (χ0n) is 6.71. The summed E-state index contributed by atoms with van der Waals surface area (Å²) in [5, 5.41) is 8.39. The SMILES string of the molecule is C=C[Si](C=C)(C=C)CCC#N. The lowest BCUT2D eigenvalue weighted by atomic mass is 10.6. The van der Waals surface area contributed by atoms with Crippen LogP contribution in [0.5, 0.6) is 0 Å². The molecule has 0 bridgehead atoms. The Bertz CT molecular complexity index is 178. The minimum Gasteiger partial charge on any atom is -0.198 e. The van der Waals surface area contributed by atoms with Crippen molar-refractivity contribution in [1.82, 2.24) is 0 Å². The van der Waals surface area contributed by atoms with Gasteiger partial charge in [0.25, 0.3) is 0 Å². The predicted octanol–water partition coefficient (Wildman–Crippen LogP) is 2.52. The van der Waals surface area contributed by atoms with Gasteiger partial charge in [0.2, 0.25) is 0 Å². The maximum Gasteiger partial charge on any atom is 0.125 e. The fraction of sp³-hybridized carbons (Fsp3) is 0.222. The third kappa shape index (κ3) is 2.56. The monoisotopic (exact) mass is 163 g/mol. The van der Waals surface area contributed by atoms with Gasteiger partial charge in [-0.05, 0) is 6.04 Å². The minimum atomic E-state index is -1.67. The number of rotatable bonds is 5. The van der Waals surface area contributed by atoms with Crippen LogP contribution in [0.1, 0.15) is 6.42 Å². The van der Waals surface area contributed by atoms with E-state index in [9.17, 15) is 0 Å². The highest BCUT2D eigenvalue weighted by Crippen LogP contribution is 2.15. The van der Waals surface area contributed by atoms with E-state index in [1.165, 1.54) is 0 Å². The Hall–Kier alpha value is -1.07. The van der Waals surface area contributed by atoms with Crippen LogP contribution in [0, 0.1) is 11.3 Å². The second-order valence-electron chi connectivity index (χ2n) is 2.38. The second-order valence-corrected chi connectivity index (χ2v) is 6.33. The Labute approximate surface area is 69.4 Å². The Morgan fingerprint density at radius 1 is 1.18 bits per heavy atom. The van der Waals surface area contributed by atoms with Gasteiger partial charge in [-0.25, -0.2) is 0 Å². The average Bonchev–Trinajstić information content (AvgIpc) is 2.08. The highest BCUT2D eigenvalue weighted by Gasteiger charge is 2.20. The Morgan fingerprint density at radius 3 is 1.91 bits per heavy atom. The molecule has 0 rings (SSSR count). The van der Waals surface area contributed by atoms with E-state index in [1.54, 1.807) is 0 Å². The average molecular weight is 163 g/mol. The highest BCUT2D eigenvalue weighted by molar-refractivity contribution is 6.93. The van der Waals surface area contributed by atoms with Crippen molar-refractivity contribution in [3.63, 3.8) is 0 Å². The summed E-state index contributed by atoms with van der Waals surface area (Å²) >= 11 is 0. The lowest BCUT2D eigenvalue weighted by molar-refractivity contribution is 1.19. The summed E-state index contributed by atoms with van der Waals surface area (Å²) in [6.45, 7) is 11.2. The molecule has 0 amide bonds. The van der Waals surface area contributed by atoms with Crippen LogP contribution in [0.4, 0.5) is 0 Å². The summed E-state index contributed by atoms with van der Waals surface area (Å²) in [5.41, 5.74) is 5.72. The van der Waals surface area contributed by atoms with Crippen LogP contribution in [0.2, 0.25) is 6.04 Å². The van der Waals surface area contributed by atoms with Crippen molar-refractivity contribution in [1.29, 1.82) is 5.26 Å². The summed E-state index contributed by atoms with van der Waals surface area (Å²) in [6, 6.07) is 2.98. The zero-order valence-corrected chi connectivity index (χ0v) is 7.71. The molecule has 0 fully saturated rings. The summed E-state index contributed by atoms with van der Waals surface area (Å²) in [5.74, 6) is 0. The molecule has 0 aromatic carbocycles. The van der Waals surface area contributed by atoms with Crippen LogP contribution in [-0.4, -0.2) is 8.07 Å². The van der Waals surface area contributed by atoms with Gasteiger partial charge in [0.15, 0.2) is 0 Å². The third-order valence-electron chi connectivity index (χ3n) is 1.81. The number of nitriles is 1. The predicted molar refractivity (Wildman–Crippen MR) is 51.4 cm³/mol. The van der Waals surface area contributed by atoms with E-state index < -0.39 is 8.07 Å². The Kier molecular flexibility index (Phi) is 4.24. The molecule has 58 valence electrons. The van der Waals surface area contributed by atoms with E-state index in [1.807, 2.05) is 17.1 Å². The van der Waals surface area contributed by atoms with E-state index in [0.717, 1.165) is 6.04 Å². The van der Waals surface area contributed by atoms with E-state index >= 15 is 0 Å². The van der Waals surface area contributed by atoms with Crippen molar-refractivity contribution in [2.24, 2.45) is 0 Å². The van der Waals surface area contributed by atoms with E-state index in [-0.39, 0.29) is 0 Å². The van der Waals surface area contributed by atoms with Gasteiger partial charge < -0.3 is 0 Å². The molecule has 0 aliphatic rings. The van der Waals surface area contributed by atoms with Crippen molar-refractivity contribution in [3.05, 3.63) is 36.8 Å². The van der Waals surface area contributed by atoms with Gasteiger partial charge in [0.05, 0.1) is 6.07 Å². The van der Waals surface area contributed by atoms with Crippen LogP contribution >= 0.6 is 0 Å². The fourth-order valence-corrected chi connectivity index (χ4v) is 2.49. The quantitative estimate of drug-likeness (QED) is 0.571. The van der Waals surface area contributed by atoms with Gasteiger partial charge >= 0.3 is 0 Å². The first-order chi connectivity index (χ1) is 5.24. The smallest absolute Gasteiger partial charge is 0.125 e. The number of hydrogen-bond donors (Lipinski definition) is 0. The Morgan fingerprint density at radius 2 is 1.64 bits per heavy atom. The van der Waals surface area contributed by atoms with E-state index in [4.69, 9.17) is 5.26 Å². The van der Waals surface area contributed by atoms with Crippen molar-refractivity contribution < 1.29 is 0 Å². The summed E-state index contributed by atoms with van der Waals surface area (Å²) in [4.78, 5) is 0. The molecule has 0 aromatic heterocycles. The van der Waals surface area contributed by atoms with Crippen LogP contribution in [0.3, 0.4) is 0 Å². The molecule has 1 nitrogen and oxygen atoms in total. The van der Waals surface area contributed by atoms with Crippen LogP contribution < -0.4 is 0 Å². The van der Waals surface area contributed by atoms with Gasteiger partial charge in [-0.1, -0.05) is 17.1 Å².